The maximum Gasteiger partial charge on any atom is 0.123 e. The average molecular weight is 309 g/mol. The van der Waals surface area contributed by atoms with Gasteiger partial charge in [-0.1, -0.05) is 68.2 Å². The highest BCUT2D eigenvalue weighted by molar-refractivity contribution is 6.35. The Morgan fingerprint density at radius 1 is 1.00 bits per heavy atom. The van der Waals surface area contributed by atoms with Crippen molar-refractivity contribution in [1.29, 1.82) is 0 Å². The topological polar surface area (TPSA) is 9.23 Å². The average Bonchev–Trinajstić information content (AvgIpc) is 2.37. The van der Waals surface area contributed by atoms with Crippen molar-refractivity contribution >= 4 is 23.2 Å². The summed E-state index contributed by atoms with van der Waals surface area (Å²) in [6, 6.07) is 13.5. The van der Waals surface area contributed by atoms with E-state index in [2.05, 4.69) is 26.8 Å². The van der Waals surface area contributed by atoms with Gasteiger partial charge in [-0.2, -0.15) is 0 Å². The first kappa shape index (κ1) is 15.2. The predicted octanol–water partition coefficient (Wildman–Crippen LogP) is 5.87. The van der Waals surface area contributed by atoms with Crippen LogP contribution in [0.4, 0.5) is 0 Å². The highest BCUT2D eigenvalue weighted by atomic mass is 35.5. The molecule has 0 saturated heterocycles. The zero-order chi connectivity index (χ0) is 14.8. The third-order valence-electron chi connectivity index (χ3n) is 3.09. The van der Waals surface area contributed by atoms with Crippen molar-refractivity contribution in [2.45, 2.75) is 32.8 Å². The van der Waals surface area contributed by atoms with Crippen molar-refractivity contribution in [1.82, 2.24) is 0 Å². The lowest BCUT2D eigenvalue weighted by Crippen LogP contribution is -2.13. The van der Waals surface area contributed by atoms with Crippen molar-refractivity contribution in [3.63, 3.8) is 0 Å². The first-order valence-electron chi connectivity index (χ1n) is 6.54. The van der Waals surface area contributed by atoms with E-state index >= 15 is 0 Å². The zero-order valence-corrected chi connectivity index (χ0v) is 13.4. The molecule has 0 heterocycles. The summed E-state index contributed by atoms with van der Waals surface area (Å²) in [6.07, 6.45) is 0. The van der Waals surface area contributed by atoms with Gasteiger partial charge >= 0.3 is 0 Å². The third kappa shape index (κ3) is 3.68. The van der Waals surface area contributed by atoms with E-state index in [1.807, 2.05) is 30.3 Å². The summed E-state index contributed by atoms with van der Waals surface area (Å²) in [7, 11) is 0. The molecule has 2 rings (SSSR count). The van der Waals surface area contributed by atoms with Gasteiger partial charge in [0.15, 0.2) is 0 Å². The van der Waals surface area contributed by atoms with E-state index in [0.29, 0.717) is 16.7 Å². The molecule has 0 radical (unpaired) electrons. The van der Waals surface area contributed by atoms with E-state index in [4.69, 9.17) is 27.9 Å². The minimum Gasteiger partial charge on any atom is -0.489 e. The van der Waals surface area contributed by atoms with Gasteiger partial charge in [-0.3, -0.25) is 0 Å². The van der Waals surface area contributed by atoms with E-state index in [0.717, 1.165) is 11.3 Å². The van der Waals surface area contributed by atoms with Crippen molar-refractivity contribution in [2.24, 2.45) is 0 Å². The fourth-order valence-corrected chi connectivity index (χ4v) is 2.47. The van der Waals surface area contributed by atoms with E-state index in [1.54, 1.807) is 6.07 Å². The number of para-hydroxylation sites is 1. The predicted molar refractivity (Wildman–Crippen MR) is 85.9 cm³/mol. The summed E-state index contributed by atoms with van der Waals surface area (Å²) in [5.41, 5.74) is 2.16. The van der Waals surface area contributed by atoms with Crippen molar-refractivity contribution in [2.75, 3.05) is 0 Å². The molecular formula is C17H18Cl2O. The molecular weight excluding hydrogens is 291 g/mol. The second-order valence-corrected chi connectivity index (χ2v) is 6.61. The molecule has 0 aliphatic rings. The summed E-state index contributed by atoms with van der Waals surface area (Å²) >= 11 is 12.1. The molecule has 2 aromatic carbocycles. The summed E-state index contributed by atoms with van der Waals surface area (Å²) < 4.78 is 5.94. The molecule has 0 bridgehead atoms. The van der Waals surface area contributed by atoms with Crippen molar-refractivity contribution in [3.05, 3.63) is 63.6 Å². The maximum atomic E-state index is 6.16. The lowest BCUT2D eigenvalue weighted by atomic mass is 9.86. The van der Waals surface area contributed by atoms with Crippen LogP contribution in [0.5, 0.6) is 5.75 Å². The van der Waals surface area contributed by atoms with Crippen LogP contribution in [0, 0.1) is 0 Å². The van der Waals surface area contributed by atoms with Crippen molar-refractivity contribution in [3.8, 4) is 5.75 Å². The number of hydrogen-bond donors (Lipinski definition) is 0. The molecule has 0 saturated carbocycles. The first-order valence-corrected chi connectivity index (χ1v) is 7.30. The van der Waals surface area contributed by atoms with Crippen LogP contribution in [-0.2, 0) is 12.0 Å². The quantitative estimate of drug-likeness (QED) is 0.689. The van der Waals surface area contributed by atoms with Crippen LogP contribution < -0.4 is 4.74 Å². The molecule has 106 valence electrons. The smallest absolute Gasteiger partial charge is 0.123 e. The molecule has 0 atom stereocenters. The normalized spacial score (nSPS) is 11.4. The Morgan fingerprint density at radius 3 is 2.35 bits per heavy atom. The molecule has 0 aromatic heterocycles. The molecule has 0 aliphatic heterocycles. The second-order valence-electron chi connectivity index (χ2n) is 5.77. The third-order valence-corrected chi connectivity index (χ3v) is 3.68. The molecule has 3 heteroatoms. The van der Waals surface area contributed by atoms with E-state index in [9.17, 15) is 0 Å². The molecule has 20 heavy (non-hydrogen) atoms. The maximum absolute atomic E-state index is 6.16. The molecule has 0 spiro atoms. The standard InChI is InChI=1S/C17H18Cl2O/c1-17(2,3)14-6-4-5-7-16(14)20-11-12-8-9-13(18)10-15(12)19/h4-10H,11H2,1-3H3. The lowest BCUT2D eigenvalue weighted by Gasteiger charge is -2.22. The van der Waals surface area contributed by atoms with Gasteiger partial charge in [0.2, 0.25) is 0 Å². The number of ether oxygens (including phenoxy) is 1. The van der Waals surface area contributed by atoms with E-state index in [-0.39, 0.29) is 5.41 Å². The van der Waals surface area contributed by atoms with Gasteiger partial charge in [-0.25, -0.2) is 0 Å². The van der Waals surface area contributed by atoms with Crippen molar-refractivity contribution < 1.29 is 4.74 Å². The molecule has 2 aromatic rings. The minimum absolute atomic E-state index is 0.0420. The number of hydrogen-bond acceptors (Lipinski definition) is 1. The fourth-order valence-electron chi connectivity index (χ4n) is 2.01. The molecule has 0 aliphatic carbocycles. The SMILES string of the molecule is CC(C)(C)c1ccccc1OCc1ccc(Cl)cc1Cl. The monoisotopic (exact) mass is 308 g/mol. The number of halogens is 2. The van der Waals surface area contributed by atoms with Gasteiger partial charge in [0.05, 0.1) is 0 Å². The van der Waals surface area contributed by atoms with Crippen LogP contribution in [0.3, 0.4) is 0 Å². The zero-order valence-electron chi connectivity index (χ0n) is 11.9. The number of rotatable bonds is 3. The van der Waals surface area contributed by atoms with Crippen LogP contribution in [0.1, 0.15) is 31.9 Å². The van der Waals surface area contributed by atoms with Gasteiger partial charge in [-0.15, -0.1) is 0 Å². The van der Waals surface area contributed by atoms with Crippen LogP contribution >= 0.6 is 23.2 Å². The Kier molecular flexibility index (Phi) is 4.62. The Bertz CT molecular complexity index is 600. The van der Waals surface area contributed by atoms with Gasteiger partial charge in [0.25, 0.3) is 0 Å². The minimum atomic E-state index is 0.0420. The van der Waals surface area contributed by atoms with Gasteiger partial charge in [0.1, 0.15) is 12.4 Å². The Labute approximate surface area is 130 Å². The fraction of sp³-hybridized carbons (Fsp3) is 0.294. The summed E-state index contributed by atoms with van der Waals surface area (Å²) in [5, 5.41) is 1.26. The van der Waals surface area contributed by atoms with Crippen LogP contribution in [0.25, 0.3) is 0 Å². The molecule has 0 fully saturated rings. The summed E-state index contributed by atoms with van der Waals surface area (Å²) in [4.78, 5) is 0. The second kappa shape index (κ2) is 6.07. The largest absolute Gasteiger partial charge is 0.489 e. The first-order chi connectivity index (χ1) is 9.38. The van der Waals surface area contributed by atoms with Crippen LogP contribution in [-0.4, -0.2) is 0 Å². The molecule has 0 unspecified atom stereocenters. The number of benzene rings is 2. The Morgan fingerprint density at radius 2 is 1.70 bits per heavy atom. The summed E-state index contributed by atoms with van der Waals surface area (Å²) in [5.74, 6) is 0.894. The highest BCUT2D eigenvalue weighted by Gasteiger charge is 2.18. The van der Waals surface area contributed by atoms with Gasteiger partial charge in [-0.05, 0) is 29.2 Å². The molecule has 1 nitrogen and oxygen atoms in total. The van der Waals surface area contributed by atoms with E-state index in [1.165, 1.54) is 5.56 Å². The lowest BCUT2D eigenvalue weighted by molar-refractivity contribution is 0.297. The Balaban J connectivity index is 2.19. The summed E-state index contributed by atoms with van der Waals surface area (Å²) in [6.45, 7) is 6.95. The van der Waals surface area contributed by atoms with Crippen LogP contribution in [0.2, 0.25) is 10.0 Å². The molecule has 0 amide bonds. The van der Waals surface area contributed by atoms with Crippen LogP contribution in [0.15, 0.2) is 42.5 Å². The Hall–Kier alpha value is -1.18. The van der Waals surface area contributed by atoms with Gasteiger partial charge < -0.3 is 4.74 Å². The highest BCUT2D eigenvalue weighted by Crippen LogP contribution is 2.32. The molecule has 0 N–H and O–H groups in total. The van der Waals surface area contributed by atoms with E-state index < -0.39 is 0 Å². The van der Waals surface area contributed by atoms with Gasteiger partial charge in [0, 0.05) is 15.6 Å².